The number of rotatable bonds is 7. The number of halogens is 1. The van der Waals surface area contributed by atoms with Crippen molar-refractivity contribution in [2.24, 2.45) is 0 Å². The van der Waals surface area contributed by atoms with E-state index in [0.29, 0.717) is 13.0 Å². The Hall–Kier alpha value is -2.64. The minimum Gasteiger partial charge on any atom is -0.349 e. The van der Waals surface area contributed by atoms with Crippen LogP contribution in [0.2, 0.25) is 0 Å². The zero-order chi connectivity index (χ0) is 19.1. The van der Waals surface area contributed by atoms with Crippen LogP contribution in [0, 0.1) is 5.82 Å². The molecule has 4 amide bonds. The molecule has 1 saturated heterocycles. The maximum Gasteiger partial charge on any atom is 0.315 e. The van der Waals surface area contributed by atoms with Gasteiger partial charge in [0.15, 0.2) is 0 Å². The van der Waals surface area contributed by atoms with Crippen molar-refractivity contribution in [1.29, 1.82) is 0 Å². The zero-order valence-electron chi connectivity index (χ0n) is 15.0. The molecule has 2 unspecified atom stereocenters. The van der Waals surface area contributed by atoms with Crippen molar-refractivity contribution >= 4 is 17.8 Å². The van der Waals surface area contributed by atoms with Gasteiger partial charge in [0.25, 0.3) is 0 Å². The van der Waals surface area contributed by atoms with Crippen LogP contribution in [0.4, 0.5) is 9.18 Å². The van der Waals surface area contributed by atoms with Gasteiger partial charge in [-0.2, -0.15) is 0 Å². The summed E-state index contributed by atoms with van der Waals surface area (Å²) in [6.45, 7) is 2.62. The molecule has 0 saturated carbocycles. The van der Waals surface area contributed by atoms with Gasteiger partial charge in [0.1, 0.15) is 11.9 Å². The summed E-state index contributed by atoms with van der Waals surface area (Å²) in [6.07, 6.45) is 1.49. The summed E-state index contributed by atoms with van der Waals surface area (Å²) >= 11 is 0. The monoisotopic (exact) mass is 364 g/mol. The molecule has 0 radical (unpaired) electrons. The molecule has 0 aliphatic carbocycles. The van der Waals surface area contributed by atoms with Gasteiger partial charge in [0.2, 0.25) is 11.8 Å². The van der Waals surface area contributed by atoms with Gasteiger partial charge in [-0.25, -0.2) is 9.18 Å². The highest BCUT2D eigenvalue weighted by atomic mass is 19.1. The highest BCUT2D eigenvalue weighted by Crippen LogP contribution is 2.09. The molecular weight excluding hydrogens is 339 g/mol. The van der Waals surface area contributed by atoms with Crippen molar-refractivity contribution in [2.75, 3.05) is 13.6 Å². The summed E-state index contributed by atoms with van der Waals surface area (Å²) in [5.41, 5.74) is 0.755. The molecule has 8 heteroatoms. The highest BCUT2D eigenvalue weighted by molar-refractivity contribution is 5.88. The Bertz CT molecular complexity index is 650. The number of benzene rings is 1. The van der Waals surface area contributed by atoms with Crippen molar-refractivity contribution in [1.82, 2.24) is 20.9 Å². The van der Waals surface area contributed by atoms with Gasteiger partial charge < -0.3 is 20.9 Å². The Balaban J connectivity index is 1.83. The van der Waals surface area contributed by atoms with Crippen LogP contribution in [0.15, 0.2) is 24.3 Å². The quantitative estimate of drug-likeness (QED) is 0.678. The number of carbonyl (C=O) groups excluding carboxylic acids is 3. The fourth-order valence-electron chi connectivity index (χ4n) is 2.81. The highest BCUT2D eigenvalue weighted by Gasteiger charge is 2.30. The maximum atomic E-state index is 12.9. The summed E-state index contributed by atoms with van der Waals surface area (Å²) in [4.78, 5) is 37.6. The van der Waals surface area contributed by atoms with Gasteiger partial charge in [-0.1, -0.05) is 25.5 Å². The molecular formula is C18H25FN4O3. The van der Waals surface area contributed by atoms with Crippen LogP contribution in [-0.2, 0) is 16.1 Å². The molecule has 1 aromatic carbocycles. The van der Waals surface area contributed by atoms with Gasteiger partial charge >= 0.3 is 6.03 Å². The molecule has 0 bridgehead atoms. The smallest absolute Gasteiger partial charge is 0.315 e. The number of likely N-dealkylation sites (tertiary alicyclic amines) is 1. The van der Waals surface area contributed by atoms with Crippen LogP contribution in [0.25, 0.3) is 0 Å². The normalized spacial score (nSPS) is 17.7. The lowest BCUT2D eigenvalue weighted by Crippen LogP contribution is -2.52. The van der Waals surface area contributed by atoms with E-state index in [1.165, 1.54) is 12.1 Å². The number of likely N-dealkylation sites (N-methyl/N-ethyl adjacent to an activating group) is 1. The first-order chi connectivity index (χ1) is 12.4. The van der Waals surface area contributed by atoms with Crippen molar-refractivity contribution in [2.45, 2.75) is 44.8 Å². The topological polar surface area (TPSA) is 90.5 Å². The minimum atomic E-state index is -0.672. The summed E-state index contributed by atoms with van der Waals surface area (Å²) in [5, 5.41) is 8.14. The largest absolute Gasteiger partial charge is 0.349 e. The molecule has 0 aromatic heterocycles. The van der Waals surface area contributed by atoms with E-state index in [1.54, 1.807) is 24.1 Å². The molecule has 1 aliphatic rings. The van der Waals surface area contributed by atoms with Crippen molar-refractivity contribution in [3.05, 3.63) is 35.6 Å². The fraction of sp³-hybridized carbons (Fsp3) is 0.500. The number of nitrogens with zero attached hydrogens (tertiary/aromatic N) is 1. The first-order valence-electron chi connectivity index (χ1n) is 8.72. The van der Waals surface area contributed by atoms with E-state index in [4.69, 9.17) is 0 Å². The molecule has 3 N–H and O–H groups in total. The van der Waals surface area contributed by atoms with Gasteiger partial charge in [0.05, 0.1) is 6.04 Å². The average molecular weight is 364 g/mol. The summed E-state index contributed by atoms with van der Waals surface area (Å²) in [7, 11) is 1.69. The van der Waals surface area contributed by atoms with Crippen LogP contribution in [0.5, 0.6) is 0 Å². The number of carbonyl (C=O) groups is 3. The SMILES string of the molecule is CCCC(NC(=O)NCc1ccc(F)cc1)C(=O)NC1CC(=O)N(C)C1. The Morgan fingerprint density at radius 2 is 2.00 bits per heavy atom. The number of hydrogen-bond donors (Lipinski definition) is 3. The Morgan fingerprint density at radius 1 is 1.31 bits per heavy atom. The van der Waals surface area contributed by atoms with Crippen LogP contribution < -0.4 is 16.0 Å². The second kappa shape index (κ2) is 9.17. The van der Waals surface area contributed by atoms with Gasteiger partial charge in [-0.15, -0.1) is 0 Å². The average Bonchev–Trinajstić information content (AvgIpc) is 2.91. The fourth-order valence-corrected chi connectivity index (χ4v) is 2.81. The van der Waals surface area contributed by atoms with Crippen LogP contribution in [-0.4, -0.2) is 48.4 Å². The molecule has 2 atom stereocenters. The third kappa shape index (κ3) is 5.72. The minimum absolute atomic E-state index is 0.00709. The summed E-state index contributed by atoms with van der Waals surface area (Å²) < 4.78 is 12.9. The van der Waals surface area contributed by atoms with Crippen molar-refractivity contribution in [3.8, 4) is 0 Å². The Labute approximate surface area is 152 Å². The van der Waals surface area contributed by atoms with Crippen molar-refractivity contribution < 1.29 is 18.8 Å². The predicted octanol–water partition coefficient (Wildman–Crippen LogP) is 1.14. The van der Waals surface area contributed by atoms with E-state index in [-0.39, 0.29) is 36.6 Å². The second-order valence-corrected chi connectivity index (χ2v) is 6.48. The van der Waals surface area contributed by atoms with E-state index in [1.807, 2.05) is 6.92 Å². The maximum absolute atomic E-state index is 12.9. The number of urea groups is 1. The molecule has 1 aliphatic heterocycles. The van der Waals surface area contributed by atoms with Gasteiger partial charge in [-0.05, 0) is 24.1 Å². The van der Waals surface area contributed by atoms with Crippen LogP contribution >= 0.6 is 0 Å². The zero-order valence-corrected chi connectivity index (χ0v) is 15.0. The molecule has 1 heterocycles. The van der Waals surface area contributed by atoms with Crippen LogP contribution in [0.3, 0.4) is 0 Å². The second-order valence-electron chi connectivity index (χ2n) is 6.48. The Morgan fingerprint density at radius 3 is 2.58 bits per heavy atom. The lowest BCUT2D eigenvalue weighted by molar-refractivity contribution is -0.126. The molecule has 0 spiro atoms. The summed E-state index contributed by atoms with van der Waals surface area (Å²) in [5.74, 6) is -0.641. The van der Waals surface area contributed by atoms with E-state index >= 15 is 0 Å². The molecule has 2 rings (SSSR count). The van der Waals surface area contributed by atoms with Gasteiger partial charge in [-0.3, -0.25) is 9.59 Å². The van der Waals surface area contributed by atoms with E-state index < -0.39 is 12.1 Å². The predicted molar refractivity (Wildman–Crippen MR) is 94.7 cm³/mol. The van der Waals surface area contributed by atoms with E-state index in [9.17, 15) is 18.8 Å². The van der Waals surface area contributed by atoms with Gasteiger partial charge in [0, 0.05) is 26.6 Å². The van der Waals surface area contributed by atoms with Crippen LogP contribution in [0.1, 0.15) is 31.7 Å². The number of hydrogen-bond acceptors (Lipinski definition) is 3. The van der Waals surface area contributed by atoms with Crippen molar-refractivity contribution in [3.63, 3.8) is 0 Å². The summed E-state index contributed by atoms with van der Waals surface area (Å²) in [6, 6.07) is 4.43. The van der Waals surface area contributed by atoms with E-state index in [2.05, 4.69) is 16.0 Å². The first kappa shape index (κ1) is 19.7. The van der Waals surface area contributed by atoms with E-state index in [0.717, 1.165) is 12.0 Å². The number of nitrogens with one attached hydrogen (secondary N) is 3. The molecule has 1 aromatic rings. The molecule has 1 fully saturated rings. The number of amides is 4. The molecule has 142 valence electrons. The Kier molecular flexibility index (Phi) is 6.94. The first-order valence-corrected chi connectivity index (χ1v) is 8.72. The molecule has 7 nitrogen and oxygen atoms in total. The third-order valence-corrected chi connectivity index (χ3v) is 4.25. The standard InChI is InChI=1S/C18H25FN4O3/c1-3-4-15(17(25)21-14-9-16(24)23(2)11-14)22-18(26)20-10-12-5-7-13(19)8-6-12/h5-8,14-15H,3-4,9-11H2,1-2H3,(H,21,25)(H2,20,22,26). The lowest BCUT2D eigenvalue weighted by atomic mass is 10.1. The third-order valence-electron chi connectivity index (χ3n) is 4.25. The lowest BCUT2D eigenvalue weighted by Gasteiger charge is -2.20. The molecule has 26 heavy (non-hydrogen) atoms.